The molecule has 3 aromatic rings. The Morgan fingerprint density at radius 1 is 1.02 bits per heavy atom. The third-order valence-corrected chi connectivity index (χ3v) is 8.63. The Bertz CT molecular complexity index is 1560. The van der Waals surface area contributed by atoms with E-state index in [0.29, 0.717) is 17.6 Å². The minimum Gasteiger partial charge on any atom is -0.444 e. The van der Waals surface area contributed by atoms with E-state index in [9.17, 15) is 10.1 Å². The van der Waals surface area contributed by atoms with E-state index in [1.807, 2.05) is 44.0 Å². The lowest BCUT2D eigenvalue weighted by atomic mass is 9.97. The van der Waals surface area contributed by atoms with Crippen LogP contribution in [0.15, 0.2) is 36.8 Å². The molecule has 11 heteroatoms. The predicted octanol–water partition coefficient (Wildman–Crippen LogP) is 3.99. The highest BCUT2D eigenvalue weighted by Crippen LogP contribution is 2.30. The number of piperazine rings is 1. The van der Waals surface area contributed by atoms with Crippen molar-refractivity contribution in [3.63, 3.8) is 0 Å². The van der Waals surface area contributed by atoms with Crippen LogP contribution in [0, 0.1) is 11.3 Å². The summed E-state index contributed by atoms with van der Waals surface area (Å²) in [5.41, 5.74) is 4.76. The maximum absolute atomic E-state index is 12.9. The SMILES string of the molecule is CC1Cc2cnc(N3CCN(C[C@H]4CN(c5ccc(C#N)c6nccnc56)C[C@@H](C)O4)CC3)cc2CN1C(=O)OC(C)(C)C. The van der Waals surface area contributed by atoms with Crippen LogP contribution in [0.1, 0.15) is 51.3 Å². The fraction of sp³-hybridized carbons (Fsp3) is 0.545. The number of amides is 1. The molecule has 44 heavy (non-hydrogen) atoms. The van der Waals surface area contributed by atoms with E-state index in [-0.39, 0.29) is 24.3 Å². The summed E-state index contributed by atoms with van der Waals surface area (Å²) in [6.07, 6.45) is 5.94. The molecule has 3 aliphatic heterocycles. The molecular weight excluding hydrogens is 556 g/mol. The molecule has 3 aliphatic rings. The second-order valence-electron chi connectivity index (χ2n) is 13.2. The molecule has 3 atom stereocenters. The maximum Gasteiger partial charge on any atom is 0.410 e. The van der Waals surface area contributed by atoms with Gasteiger partial charge in [0.05, 0.1) is 23.5 Å². The van der Waals surface area contributed by atoms with E-state index >= 15 is 0 Å². The molecule has 0 radical (unpaired) electrons. The van der Waals surface area contributed by atoms with Crippen molar-refractivity contribution in [3.8, 4) is 6.07 Å². The quantitative estimate of drug-likeness (QED) is 0.437. The number of rotatable bonds is 4. The first-order valence-electron chi connectivity index (χ1n) is 15.6. The Morgan fingerprint density at radius 2 is 1.77 bits per heavy atom. The molecule has 1 amide bonds. The van der Waals surface area contributed by atoms with Crippen molar-refractivity contribution in [2.75, 3.05) is 55.6 Å². The number of carbonyl (C=O) groups is 1. The van der Waals surface area contributed by atoms with Crippen LogP contribution in [0.4, 0.5) is 16.3 Å². The second-order valence-corrected chi connectivity index (χ2v) is 13.2. The van der Waals surface area contributed by atoms with Gasteiger partial charge in [-0.05, 0) is 70.4 Å². The standard InChI is InChI=1S/C33H42N8O3/c1-22-14-25-17-37-29(15-26(25)19-41(22)32(42)44-33(3,4)5)39-12-10-38(11-13-39)20-27-21-40(18-23(2)43-27)28-7-6-24(16-34)30-31(28)36-9-8-35-30/h6-9,15,17,22-23,27H,10-14,18-21H2,1-5H3/t22?,23-,27+/m1/s1. The number of nitriles is 1. The molecule has 232 valence electrons. The summed E-state index contributed by atoms with van der Waals surface area (Å²) in [5.74, 6) is 0.963. The Kier molecular flexibility index (Phi) is 8.31. The lowest BCUT2D eigenvalue weighted by molar-refractivity contribution is -0.0327. The zero-order valence-electron chi connectivity index (χ0n) is 26.4. The number of pyridine rings is 1. The van der Waals surface area contributed by atoms with Gasteiger partial charge in [0.2, 0.25) is 0 Å². The summed E-state index contributed by atoms with van der Waals surface area (Å²) in [6, 6.07) is 8.29. The van der Waals surface area contributed by atoms with Crippen molar-refractivity contribution in [3.05, 3.63) is 53.5 Å². The van der Waals surface area contributed by atoms with Crippen molar-refractivity contribution >= 4 is 28.6 Å². The number of carbonyl (C=O) groups excluding carboxylic acids is 1. The largest absolute Gasteiger partial charge is 0.444 e. The highest BCUT2D eigenvalue weighted by molar-refractivity contribution is 5.92. The molecule has 2 fully saturated rings. The normalized spacial score (nSPS) is 22.9. The Hall–Kier alpha value is -4.01. The number of anilines is 2. The minimum atomic E-state index is -0.522. The van der Waals surface area contributed by atoms with E-state index in [4.69, 9.17) is 14.5 Å². The summed E-state index contributed by atoms with van der Waals surface area (Å²) >= 11 is 0. The van der Waals surface area contributed by atoms with Crippen molar-refractivity contribution in [2.24, 2.45) is 0 Å². The van der Waals surface area contributed by atoms with Crippen molar-refractivity contribution in [2.45, 2.75) is 71.4 Å². The zero-order chi connectivity index (χ0) is 31.0. The van der Waals surface area contributed by atoms with E-state index in [2.05, 4.69) is 50.7 Å². The third-order valence-electron chi connectivity index (χ3n) is 8.63. The summed E-state index contributed by atoms with van der Waals surface area (Å²) in [7, 11) is 0. The summed E-state index contributed by atoms with van der Waals surface area (Å²) in [4.78, 5) is 35.7. The number of nitrogens with zero attached hydrogens (tertiary/aromatic N) is 8. The van der Waals surface area contributed by atoms with Gasteiger partial charge in [0.1, 0.15) is 28.5 Å². The van der Waals surface area contributed by atoms with Gasteiger partial charge in [-0.25, -0.2) is 9.78 Å². The first-order chi connectivity index (χ1) is 21.1. The lowest BCUT2D eigenvalue weighted by Gasteiger charge is -2.42. The Morgan fingerprint density at radius 3 is 2.50 bits per heavy atom. The monoisotopic (exact) mass is 598 g/mol. The van der Waals surface area contributed by atoms with Crippen LogP contribution in [0.3, 0.4) is 0 Å². The molecule has 0 N–H and O–H groups in total. The van der Waals surface area contributed by atoms with Gasteiger partial charge < -0.3 is 24.2 Å². The molecule has 0 saturated carbocycles. The fourth-order valence-corrected chi connectivity index (χ4v) is 6.53. The van der Waals surface area contributed by atoms with Crippen molar-refractivity contribution in [1.29, 1.82) is 5.26 Å². The Labute approximate surface area is 259 Å². The average molecular weight is 599 g/mol. The van der Waals surface area contributed by atoms with Crippen LogP contribution in [-0.4, -0.2) is 101 Å². The number of aromatic nitrogens is 3. The van der Waals surface area contributed by atoms with Crippen molar-refractivity contribution < 1.29 is 14.3 Å². The van der Waals surface area contributed by atoms with E-state index in [1.165, 1.54) is 5.56 Å². The highest BCUT2D eigenvalue weighted by atomic mass is 16.6. The maximum atomic E-state index is 12.9. The summed E-state index contributed by atoms with van der Waals surface area (Å²) < 4.78 is 12.1. The number of benzene rings is 1. The number of fused-ring (bicyclic) bond motifs is 2. The van der Waals surface area contributed by atoms with Gasteiger partial charge >= 0.3 is 6.09 Å². The van der Waals surface area contributed by atoms with Crippen LogP contribution in [0.5, 0.6) is 0 Å². The van der Waals surface area contributed by atoms with Gasteiger partial charge in [0, 0.05) is 77.0 Å². The number of hydrogen-bond acceptors (Lipinski definition) is 10. The molecule has 5 heterocycles. The van der Waals surface area contributed by atoms with Gasteiger partial charge in [-0.1, -0.05) is 0 Å². The van der Waals surface area contributed by atoms with Gasteiger partial charge in [0.25, 0.3) is 0 Å². The van der Waals surface area contributed by atoms with Gasteiger partial charge in [-0.15, -0.1) is 0 Å². The van der Waals surface area contributed by atoms with Crippen LogP contribution in [-0.2, 0) is 22.4 Å². The molecule has 6 rings (SSSR count). The topological polar surface area (TPSA) is 111 Å². The fourth-order valence-electron chi connectivity index (χ4n) is 6.53. The van der Waals surface area contributed by atoms with Crippen LogP contribution in [0.2, 0.25) is 0 Å². The molecule has 2 saturated heterocycles. The molecule has 0 spiro atoms. The smallest absolute Gasteiger partial charge is 0.410 e. The van der Waals surface area contributed by atoms with E-state index in [1.54, 1.807) is 12.4 Å². The van der Waals surface area contributed by atoms with Crippen molar-refractivity contribution in [1.82, 2.24) is 24.8 Å². The Balaban J connectivity index is 1.08. The highest BCUT2D eigenvalue weighted by Gasteiger charge is 2.32. The molecule has 0 aliphatic carbocycles. The minimum absolute atomic E-state index is 0.0513. The average Bonchev–Trinajstić information content (AvgIpc) is 2.99. The molecule has 0 bridgehead atoms. The van der Waals surface area contributed by atoms with E-state index < -0.39 is 5.60 Å². The van der Waals surface area contributed by atoms with Crippen LogP contribution in [0.25, 0.3) is 11.0 Å². The molecule has 11 nitrogen and oxygen atoms in total. The zero-order valence-corrected chi connectivity index (χ0v) is 26.4. The van der Waals surface area contributed by atoms with Crippen LogP contribution >= 0.6 is 0 Å². The molecule has 1 unspecified atom stereocenters. The van der Waals surface area contributed by atoms with Gasteiger partial charge in [-0.2, -0.15) is 5.26 Å². The molecular formula is C33H42N8O3. The summed E-state index contributed by atoms with van der Waals surface area (Å²) in [5, 5.41) is 9.54. The first-order valence-corrected chi connectivity index (χ1v) is 15.6. The molecule has 2 aromatic heterocycles. The predicted molar refractivity (Wildman–Crippen MR) is 169 cm³/mol. The lowest BCUT2D eigenvalue weighted by Crippen LogP contribution is -2.54. The second kappa shape index (κ2) is 12.2. The first kappa shape index (κ1) is 30.0. The van der Waals surface area contributed by atoms with Gasteiger partial charge in [-0.3, -0.25) is 14.9 Å². The summed E-state index contributed by atoms with van der Waals surface area (Å²) in [6.45, 7) is 16.4. The number of morpholine rings is 1. The van der Waals surface area contributed by atoms with Crippen LogP contribution < -0.4 is 9.80 Å². The van der Waals surface area contributed by atoms with E-state index in [0.717, 1.165) is 74.8 Å². The molecule has 1 aromatic carbocycles. The number of hydrogen-bond donors (Lipinski definition) is 0. The number of ether oxygens (including phenoxy) is 2. The third kappa shape index (κ3) is 6.42. The van der Waals surface area contributed by atoms with Gasteiger partial charge in [0.15, 0.2) is 0 Å².